The molecule has 6 saturated heterocycles. The lowest BCUT2D eigenvalue weighted by Gasteiger charge is -2.73. The Morgan fingerprint density at radius 1 is 0.778 bits per heavy atom. The molecule has 100 valence electrons. The average Bonchev–Trinajstić information content (AvgIpc) is 2.33. The summed E-state index contributed by atoms with van der Waals surface area (Å²) >= 11 is 0. The van der Waals surface area contributed by atoms with Crippen molar-refractivity contribution >= 4 is 0 Å². The van der Waals surface area contributed by atoms with Gasteiger partial charge in [0.25, 0.3) is 11.9 Å². The second-order valence-electron chi connectivity index (χ2n) is 5.96. The minimum Gasteiger partial charge on any atom is -0.319 e. The number of hydrogen-bond donors (Lipinski definition) is 0. The van der Waals surface area contributed by atoms with Crippen LogP contribution in [0.1, 0.15) is 27.2 Å². The molecular formula is C12H16O6. The third-order valence-electron chi connectivity index (χ3n) is 4.87. The normalized spacial score (nSPS) is 71.2. The molecule has 8 bridgehead atoms. The Bertz CT molecular complexity index is 412. The van der Waals surface area contributed by atoms with E-state index in [1.54, 1.807) is 6.92 Å². The van der Waals surface area contributed by atoms with Gasteiger partial charge in [-0.15, -0.1) is 0 Å². The first-order valence-electron chi connectivity index (χ1n) is 6.58. The highest BCUT2D eigenvalue weighted by Gasteiger charge is 2.80. The Balaban J connectivity index is 1.71. The highest BCUT2D eigenvalue weighted by atomic mass is 17.0. The lowest BCUT2D eigenvalue weighted by molar-refractivity contribution is -0.651. The average molecular weight is 256 g/mol. The number of hydrogen-bond acceptors (Lipinski definition) is 6. The van der Waals surface area contributed by atoms with Crippen molar-refractivity contribution in [3.63, 3.8) is 0 Å². The Labute approximate surface area is 104 Å². The predicted molar refractivity (Wildman–Crippen MR) is 55.3 cm³/mol. The van der Waals surface area contributed by atoms with Crippen LogP contribution in [0.5, 0.6) is 0 Å². The summed E-state index contributed by atoms with van der Waals surface area (Å²) in [4.78, 5) is 0. The summed E-state index contributed by atoms with van der Waals surface area (Å²) < 4.78 is 35.5. The molecule has 7 aliphatic rings. The van der Waals surface area contributed by atoms with E-state index in [-0.39, 0.29) is 30.5 Å². The van der Waals surface area contributed by atoms with Crippen LogP contribution in [-0.4, -0.2) is 48.1 Å². The van der Waals surface area contributed by atoms with Gasteiger partial charge < -0.3 is 28.4 Å². The summed E-state index contributed by atoms with van der Waals surface area (Å²) in [5, 5.41) is 0. The predicted octanol–water partition coefficient (Wildman–Crippen LogP) is 0.493. The van der Waals surface area contributed by atoms with E-state index in [1.807, 2.05) is 6.92 Å². The molecule has 0 radical (unpaired) electrons. The number of rotatable bonds is 1. The molecule has 0 aromatic rings. The van der Waals surface area contributed by atoms with Crippen LogP contribution in [0, 0.1) is 0 Å². The molecule has 0 N–H and O–H groups in total. The molecule has 4 unspecified atom stereocenters. The smallest absolute Gasteiger partial charge is 0.281 e. The largest absolute Gasteiger partial charge is 0.319 e. The summed E-state index contributed by atoms with van der Waals surface area (Å²) in [5.41, 5.74) is -0.472. The van der Waals surface area contributed by atoms with Crippen molar-refractivity contribution in [2.75, 3.05) is 0 Å². The summed E-state index contributed by atoms with van der Waals surface area (Å²) in [6.45, 7) is 5.69. The zero-order valence-electron chi connectivity index (χ0n) is 10.5. The second kappa shape index (κ2) is 2.63. The molecule has 8 atom stereocenters. The van der Waals surface area contributed by atoms with Gasteiger partial charge in [-0.05, 0) is 6.42 Å². The van der Waals surface area contributed by atoms with Crippen molar-refractivity contribution < 1.29 is 28.4 Å². The van der Waals surface area contributed by atoms with Crippen LogP contribution in [-0.2, 0) is 28.4 Å². The molecule has 6 nitrogen and oxygen atoms in total. The van der Waals surface area contributed by atoms with E-state index in [0.29, 0.717) is 0 Å². The molecular weight excluding hydrogens is 240 g/mol. The Morgan fingerprint density at radius 3 is 1.89 bits per heavy atom. The van der Waals surface area contributed by atoms with Gasteiger partial charge in [0.15, 0.2) is 0 Å². The van der Waals surface area contributed by atoms with Gasteiger partial charge in [-0.3, -0.25) is 0 Å². The van der Waals surface area contributed by atoms with Crippen LogP contribution in [0.4, 0.5) is 0 Å². The maximum atomic E-state index is 6.08. The standard InChI is InChI=1S/C12H16O6/c1-4-12-8-6-5-7(15-11(3,14-6)18-12)9(12)17-10(2,13-5)16-8/h5-9H,4H2,1-3H3/t5?,6-,7+,8+,9-,10?,11?,12?. The van der Waals surface area contributed by atoms with Crippen molar-refractivity contribution in [2.24, 2.45) is 0 Å². The Kier molecular flexibility index (Phi) is 1.54. The zero-order chi connectivity index (χ0) is 12.3. The molecule has 18 heavy (non-hydrogen) atoms. The SMILES string of the molecule is CCC12OC3(C)O[C@@H]4C5OC(C)(O[C@@H]1[C@H]5O3)O[C@@H]42. The van der Waals surface area contributed by atoms with E-state index >= 15 is 0 Å². The molecule has 7 fully saturated rings. The van der Waals surface area contributed by atoms with Crippen LogP contribution >= 0.6 is 0 Å². The minimum atomic E-state index is -0.990. The van der Waals surface area contributed by atoms with Gasteiger partial charge >= 0.3 is 0 Å². The van der Waals surface area contributed by atoms with Gasteiger partial charge in [0.1, 0.15) is 36.1 Å². The van der Waals surface area contributed by atoms with Crippen molar-refractivity contribution in [3.05, 3.63) is 0 Å². The summed E-state index contributed by atoms with van der Waals surface area (Å²) in [6, 6.07) is 0. The van der Waals surface area contributed by atoms with E-state index in [1.165, 1.54) is 0 Å². The topological polar surface area (TPSA) is 55.4 Å². The van der Waals surface area contributed by atoms with E-state index in [4.69, 9.17) is 28.4 Å². The maximum absolute atomic E-state index is 6.08. The number of ether oxygens (including phenoxy) is 6. The first-order valence-corrected chi connectivity index (χ1v) is 6.58. The Hall–Kier alpha value is -0.240. The van der Waals surface area contributed by atoms with Crippen LogP contribution in [0.15, 0.2) is 0 Å². The molecule has 1 aliphatic carbocycles. The molecule has 1 saturated carbocycles. The lowest BCUT2D eigenvalue weighted by Crippen LogP contribution is -2.91. The van der Waals surface area contributed by atoms with E-state index < -0.39 is 17.5 Å². The van der Waals surface area contributed by atoms with Gasteiger partial charge in [-0.1, -0.05) is 6.92 Å². The first-order chi connectivity index (χ1) is 8.49. The highest BCUT2D eigenvalue weighted by molar-refractivity contribution is 5.20. The summed E-state index contributed by atoms with van der Waals surface area (Å²) in [6.07, 6.45) is 0.146. The first kappa shape index (κ1) is 10.5. The molecule has 7 rings (SSSR count). The third-order valence-corrected chi connectivity index (χ3v) is 4.87. The van der Waals surface area contributed by atoms with Crippen molar-refractivity contribution in [1.82, 2.24) is 0 Å². The van der Waals surface area contributed by atoms with Gasteiger partial charge in [0, 0.05) is 13.8 Å². The van der Waals surface area contributed by atoms with Crippen molar-refractivity contribution in [3.8, 4) is 0 Å². The highest BCUT2D eigenvalue weighted by Crippen LogP contribution is 2.61. The van der Waals surface area contributed by atoms with Crippen molar-refractivity contribution in [2.45, 2.75) is 75.3 Å². The van der Waals surface area contributed by atoms with E-state index in [2.05, 4.69) is 6.92 Å². The summed E-state index contributed by atoms with van der Waals surface area (Å²) in [7, 11) is 0. The van der Waals surface area contributed by atoms with E-state index in [9.17, 15) is 0 Å². The van der Waals surface area contributed by atoms with Gasteiger partial charge in [0.05, 0.1) is 0 Å². The lowest BCUT2D eigenvalue weighted by atomic mass is 9.69. The fraction of sp³-hybridized carbons (Fsp3) is 1.00. The minimum absolute atomic E-state index is 0.121. The molecule has 0 aromatic heterocycles. The Morgan fingerprint density at radius 2 is 1.33 bits per heavy atom. The molecule has 6 aliphatic heterocycles. The fourth-order valence-electron chi connectivity index (χ4n) is 4.27. The van der Waals surface area contributed by atoms with E-state index in [0.717, 1.165) is 6.42 Å². The molecule has 6 heteroatoms. The molecule has 0 spiro atoms. The van der Waals surface area contributed by atoms with Crippen LogP contribution in [0.2, 0.25) is 0 Å². The monoisotopic (exact) mass is 256 g/mol. The quantitative estimate of drug-likeness (QED) is 0.680. The molecule has 0 aromatic carbocycles. The van der Waals surface area contributed by atoms with Crippen LogP contribution in [0.3, 0.4) is 0 Å². The van der Waals surface area contributed by atoms with Gasteiger partial charge in [-0.2, -0.15) is 0 Å². The third kappa shape index (κ3) is 0.900. The van der Waals surface area contributed by atoms with Crippen molar-refractivity contribution in [1.29, 1.82) is 0 Å². The molecule has 6 heterocycles. The van der Waals surface area contributed by atoms with Gasteiger partial charge in [-0.25, -0.2) is 0 Å². The maximum Gasteiger partial charge on any atom is 0.281 e. The second-order valence-corrected chi connectivity index (χ2v) is 5.96. The fourth-order valence-corrected chi connectivity index (χ4v) is 4.27. The van der Waals surface area contributed by atoms with Crippen LogP contribution < -0.4 is 0 Å². The zero-order valence-corrected chi connectivity index (χ0v) is 10.5. The van der Waals surface area contributed by atoms with Crippen LogP contribution in [0.25, 0.3) is 0 Å². The molecule has 0 amide bonds. The summed E-state index contributed by atoms with van der Waals surface area (Å²) in [5.74, 6) is -1.97. The van der Waals surface area contributed by atoms with Gasteiger partial charge in [0.2, 0.25) is 0 Å².